The maximum absolute atomic E-state index is 10.9. The zero-order valence-corrected chi connectivity index (χ0v) is 12.0. The van der Waals surface area contributed by atoms with E-state index < -0.39 is 11.1 Å². The van der Waals surface area contributed by atoms with E-state index in [1.807, 2.05) is 13.0 Å². The van der Waals surface area contributed by atoms with Crippen molar-refractivity contribution in [3.63, 3.8) is 0 Å². The molecule has 4 aliphatic carbocycles. The molecule has 0 aromatic carbocycles. The van der Waals surface area contributed by atoms with Crippen molar-refractivity contribution in [2.45, 2.75) is 51.2 Å². The second-order valence-corrected chi connectivity index (χ2v) is 7.30. The molecule has 1 N–H and O–H groups in total. The van der Waals surface area contributed by atoms with Gasteiger partial charge in [-0.15, -0.1) is 6.58 Å². The van der Waals surface area contributed by atoms with E-state index in [1.165, 1.54) is 0 Å². The van der Waals surface area contributed by atoms with Crippen molar-refractivity contribution in [1.82, 2.24) is 0 Å². The van der Waals surface area contributed by atoms with Crippen LogP contribution >= 0.6 is 0 Å². The third-order valence-corrected chi connectivity index (χ3v) is 5.97. The summed E-state index contributed by atoms with van der Waals surface area (Å²) in [6, 6.07) is 2.32. The molecule has 4 rings (SSSR count). The molecule has 0 aromatic heterocycles. The summed E-state index contributed by atoms with van der Waals surface area (Å²) in [5.74, 6) is 1.04. The molecule has 0 unspecified atom stereocenters. The molecule has 0 aromatic rings. The first-order valence-corrected chi connectivity index (χ1v) is 7.13. The van der Waals surface area contributed by atoms with E-state index in [2.05, 4.69) is 31.5 Å². The third-order valence-electron chi connectivity index (χ3n) is 5.97. The maximum atomic E-state index is 10.9. The van der Waals surface area contributed by atoms with E-state index in [0.717, 1.165) is 25.0 Å². The minimum atomic E-state index is -0.851. The minimum absolute atomic E-state index is 0.159. The molecule has 4 aliphatic rings. The van der Waals surface area contributed by atoms with Crippen LogP contribution in [0.1, 0.15) is 40.0 Å². The highest BCUT2D eigenvalue weighted by molar-refractivity contribution is 5.95. The fourth-order valence-electron chi connectivity index (χ4n) is 4.19. The molecule has 3 heteroatoms. The van der Waals surface area contributed by atoms with E-state index in [0.29, 0.717) is 5.92 Å². The molecular weight excluding hydrogens is 236 g/mol. The number of rotatable bonds is 2. The summed E-state index contributed by atoms with van der Waals surface area (Å²) in [5.41, 5.74) is -0.436. The predicted octanol–water partition coefficient (Wildman–Crippen LogP) is 2.71. The Kier molecular flexibility index (Phi) is 2.36. The highest BCUT2D eigenvalue weighted by Gasteiger charge is 2.63. The fraction of sp³-hybridized carbons (Fsp3) is 0.750. The number of nitrogens with zero attached hydrogens (tertiary/aromatic N) is 2. The summed E-state index contributed by atoms with van der Waals surface area (Å²) in [4.78, 5) is 4.68. The van der Waals surface area contributed by atoms with E-state index in [1.54, 1.807) is 0 Å². The van der Waals surface area contributed by atoms with Crippen molar-refractivity contribution in [3.8, 4) is 6.07 Å². The standard InChI is InChI=1S/C16H22N2O/c1-5-10-8-16(10,9-17)18-13-7-11-6-12(14(11,2)3)15(13,4)19/h5,10-12,19H,1,6-8H2,2-4H3/t10-,11+,12+,15+,16+/m1/s1. The average Bonchev–Trinajstić information content (AvgIpc) is 3.05. The number of hydrogen-bond acceptors (Lipinski definition) is 3. The Bertz CT molecular complexity index is 511. The molecule has 4 saturated carbocycles. The zero-order valence-electron chi connectivity index (χ0n) is 12.0. The van der Waals surface area contributed by atoms with Gasteiger partial charge in [-0.2, -0.15) is 5.26 Å². The van der Waals surface area contributed by atoms with E-state index in [4.69, 9.17) is 0 Å². The van der Waals surface area contributed by atoms with Crippen LogP contribution in [-0.2, 0) is 0 Å². The van der Waals surface area contributed by atoms with Crippen molar-refractivity contribution in [1.29, 1.82) is 5.26 Å². The second-order valence-electron chi connectivity index (χ2n) is 7.30. The Morgan fingerprint density at radius 2 is 2.16 bits per heavy atom. The summed E-state index contributed by atoms with van der Waals surface area (Å²) in [6.45, 7) is 10.1. The predicted molar refractivity (Wildman–Crippen MR) is 74.7 cm³/mol. The van der Waals surface area contributed by atoms with Crippen LogP contribution in [0, 0.1) is 34.5 Å². The first-order valence-electron chi connectivity index (χ1n) is 7.13. The SMILES string of the molecule is C=C[C@@H]1C[C@@]1(C#N)N=C1C[C@@H]2C[C@@H](C2(C)C)[C@]1(C)O. The number of aliphatic hydroxyl groups is 1. The van der Waals surface area contributed by atoms with Crippen LogP contribution in [0.5, 0.6) is 0 Å². The average molecular weight is 258 g/mol. The van der Waals surface area contributed by atoms with Gasteiger partial charge in [0.05, 0.1) is 6.07 Å². The summed E-state index contributed by atoms with van der Waals surface area (Å²) in [7, 11) is 0. The first kappa shape index (κ1) is 12.9. The fourth-order valence-corrected chi connectivity index (χ4v) is 4.19. The molecule has 0 heterocycles. The minimum Gasteiger partial charge on any atom is -0.384 e. The van der Waals surface area contributed by atoms with Gasteiger partial charge >= 0.3 is 0 Å². The Balaban J connectivity index is 1.92. The van der Waals surface area contributed by atoms with Crippen molar-refractivity contribution >= 4 is 5.71 Å². The van der Waals surface area contributed by atoms with Crippen molar-refractivity contribution < 1.29 is 5.11 Å². The highest BCUT2D eigenvalue weighted by atomic mass is 16.3. The number of hydrogen-bond donors (Lipinski definition) is 1. The molecule has 5 atom stereocenters. The van der Waals surface area contributed by atoms with Gasteiger partial charge in [-0.1, -0.05) is 19.9 Å². The normalized spacial score (nSPS) is 52.2. The molecule has 3 nitrogen and oxygen atoms in total. The third kappa shape index (κ3) is 1.50. The molecule has 0 amide bonds. The molecule has 0 spiro atoms. The lowest BCUT2D eigenvalue weighted by Crippen LogP contribution is -2.65. The molecular formula is C16H22N2O. The van der Waals surface area contributed by atoms with E-state index in [-0.39, 0.29) is 17.3 Å². The van der Waals surface area contributed by atoms with Gasteiger partial charge in [-0.3, -0.25) is 4.99 Å². The van der Waals surface area contributed by atoms with Crippen LogP contribution in [-0.4, -0.2) is 22.0 Å². The summed E-state index contributed by atoms with van der Waals surface area (Å²) in [5, 5.41) is 20.2. The summed E-state index contributed by atoms with van der Waals surface area (Å²) in [6.07, 6.45) is 4.49. The van der Waals surface area contributed by atoms with Crippen LogP contribution in [0.15, 0.2) is 17.6 Å². The Hall–Kier alpha value is -1.14. The Labute approximate surface area is 115 Å². The molecule has 102 valence electrons. The molecule has 19 heavy (non-hydrogen) atoms. The van der Waals surface area contributed by atoms with Crippen LogP contribution < -0.4 is 0 Å². The number of aliphatic imine (C=N–C) groups is 1. The smallest absolute Gasteiger partial charge is 0.153 e. The molecule has 2 bridgehead atoms. The molecule has 0 radical (unpaired) electrons. The lowest BCUT2D eigenvalue weighted by molar-refractivity contribution is -0.134. The van der Waals surface area contributed by atoms with Crippen LogP contribution in [0.2, 0.25) is 0 Å². The maximum Gasteiger partial charge on any atom is 0.153 e. The van der Waals surface area contributed by atoms with Crippen LogP contribution in [0.4, 0.5) is 0 Å². The lowest BCUT2D eigenvalue weighted by Gasteiger charge is -2.62. The number of nitriles is 1. The number of fused-ring (bicyclic) bond motifs is 2. The van der Waals surface area contributed by atoms with Gasteiger partial charge in [0.2, 0.25) is 0 Å². The van der Waals surface area contributed by atoms with Gasteiger partial charge in [0.25, 0.3) is 0 Å². The molecule has 0 saturated heterocycles. The van der Waals surface area contributed by atoms with Crippen molar-refractivity contribution in [2.75, 3.05) is 0 Å². The van der Waals surface area contributed by atoms with E-state index in [9.17, 15) is 10.4 Å². The van der Waals surface area contributed by atoms with Crippen molar-refractivity contribution in [3.05, 3.63) is 12.7 Å². The lowest BCUT2D eigenvalue weighted by atomic mass is 9.44. The topological polar surface area (TPSA) is 56.4 Å². The second kappa shape index (κ2) is 3.49. The van der Waals surface area contributed by atoms with Crippen molar-refractivity contribution in [2.24, 2.45) is 28.2 Å². The van der Waals surface area contributed by atoms with Crippen LogP contribution in [0.25, 0.3) is 0 Å². The van der Waals surface area contributed by atoms with Gasteiger partial charge in [0.15, 0.2) is 5.54 Å². The van der Waals surface area contributed by atoms with Gasteiger partial charge in [-0.05, 0) is 43.4 Å². The molecule has 0 aliphatic heterocycles. The molecule has 4 fully saturated rings. The van der Waals surface area contributed by atoms with Gasteiger partial charge in [-0.25, -0.2) is 0 Å². The Morgan fingerprint density at radius 3 is 2.58 bits per heavy atom. The van der Waals surface area contributed by atoms with Gasteiger partial charge < -0.3 is 5.11 Å². The highest BCUT2D eigenvalue weighted by Crippen LogP contribution is 2.62. The largest absolute Gasteiger partial charge is 0.384 e. The monoisotopic (exact) mass is 258 g/mol. The summed E-state index contributed by atoms with van der Waals surface area (Å²) >= 11 is 0. The van der Waals surface area contributed by atoms with Crippen LogP contribution in [0.3, 0.4) is 0 Å². The Morgan fingerprint density at radius 1 is 1.47 bits per heavy atom. The van der Waals surface area contributed by atoms with Gasteiger partial charge in [0.1, 0.15) is 5.60 Å². The van der Waals surface area contributed by atoms with Gasteiger partial charge in [0, 0.05) is 11.6 Å². The first-order chi connectivity index (χ1) is 8.78. The zero-order chi connectivity index (χ0) is 14.1. The quantitative estimate of drug-likeness (QED) is 0.774. The summed E-state index contributed by atoms with van der Waals surface area (Å²) < 4.78 is 0. The van der Waals surface area contributed by atoms with E-state index >= 15 is 0 Å².